The number of rotatable bonds is 5. The first-order valence-corrected chi connectivity index (χ1v) is 6.97. The third kappa shape index (κ3) is 2.94. The Labute approximate surface area is 116 Å². The van der Waals surface area contributed by atoms with Gasteiger partial charge in [-0.05, 0) is 26.3 Å². The van der Waals surface area contributed by atoms with Crippen molar-refractivity contribution in [2.75, 3.05) is 17.3 Å². The number of nitrogen functional groups attached to an aromatic ring is 1. The summed E-state index contributed by atoms with van der Waals surface area (Å²) in [4.78, 5) is 10.8. The Kier molecular flexibility index (Phi) is 3.88. The third-order valence-electron chi connectivity index (χ3n) is 2.77. The maximum absolute atomic E-state index is 9.36. The number of aliphatic hydroxyl groups excluding tert-OH is 1. The first-order chi connectivity index (χ1) is 8.99. The molecule has 0 aliphatic rings. The molecule has 0 aliphatic carbocycles. The second-order valence-corrected chi connectivity index (χ2v) is 6.11. The Morgan fingerprint density at radius 1 is 1.42 bits per heavy atom. The van der Waals surface area contributed by atoms with E-state index in [0.29, 0.717) is 11.8 Å². The lowest BCUT2D eigenvalue weighted by Crippen LogP contribution is -2.35. The molecule has 104 valence electrons. The standard InChI is InChI=1S/C12H19N5OS/c1-4-7-5-8-9(16-12(2,3)6-18)14-11(17-13)15-10(8)19-7/h5,18H,4,6,13H2,1-3H3,(H2,14,15,16,17). The van der Waals surface area contributed by atoms with Crippen molar-refractivity contribution < 1.29 is 5.11 Å². The zero-order valence-electron chi connectivity index (χ0n) is 11.3. The van der Waals surface area contributed by atoms with E-state index in [2.05, 4.69) is 33.7 Å². The molecule has 2 rings (SSSR count). The van der Waals surface area contributed by atoms with Gasteiger partial charge in [0.25, 0.3) is 0 Å². The lowest BCUT2D eigenvalue weighted by molar-refractivity contribution is 0.234. The second kappa shape index (κ2) is 5.28. The third-order valence-corrected chi connectivity index (χ3v) is 3.95. The predicted octanol–water partition coefficient (Wildman–Crippen LogP) is 1.72. The van der Waals surface area contributed by atoms with Gasteiger partial charge in [-0.15, -0.1) is 11.3 Å². The maximum Gasteiger partial charge on any atom is 0.240 e. The molecule has 2 heterocycles. The summed E-state index contributed by atoms with van der Waals surface area (Å²) in [5, 5.41) is 13.6. The number of nitrogens with two attached hydrogens (primary N) is 1. The van der Waals surface area contributed by atoms with Gasteiger partial charge in [0.15, 0.2) is 0 Å². The molecule has 0 saturated carbocycles. The maximum atomic E-state index is 9.36. The highest BCUT2D eigenvalue weighted by Gasteiger charge is 2.20. The first-order valence-electron chi connectivity index (χ1n) is 6.15. The Balaban J connectivity index is 2.53. The minimum Gasteiger partial charge on any atom is -0.394 e. The van der Waals surface area contributed by atoms with Crippen molar-refractivity contribution in [3.05, 3.63) is 10.9 Å². The number of hydrogen-bond acceptors (Lipinski definition) is 7. The highest BCUT2D eigenvalue weighted by atomic mass is 32.1. The minimum atomic E-state index is -0.457. The number of hydrogen-bond donors (Lipinski definition) is 4. The van der Waals surface area contributed by atoms with Gasteiger partial charge in [-0.2, -0.15) is 4.98 Å². The highest BCUT2D eigenvalue weighted by Crippen LogP contribution is 2.31. The van der Waals surface area contributed by atoms with E-state index >= 15 is 0 Å². The molecule has 0 aromatic carbocycles. The summed E-state index contributed by atoms with van der Waals surface area (Å²) in [6.45, 7) is 5.92. The topological polar surface area (TPSA) is 96.1 Å². The Morgan fingerprint density at radius 3 is 2.74 bits per heavy atom. The van der Waals surface area contributed by atoms with Crippen LogP contribution in [0.25, 0.3) is 10.2 Å². The van der Waals surface area contributed by atoms with E-state index in [1.165, 1.54) is 4.88 Å². The van der Waals surface area contributed by atoms with E-state index < -0.39 is 5.54 Å². The number of aromatic nitrogens is 2. The summed E-state index contributed by atoms with van der Waals surface area (Å²) in [5.41, 5.74) is 2.02. The summed E-state index contributed by atoms with van der Waals surface area (Å²) >= 11 is 1.63. The number of aryl methyl sites for hydroxylation is 1. The van der Waals surface area contributed by atoms with E-state index in [9.17, 15) is 5.11 Å². The van der Waals surface area contributed by atoms with Gasteiger partial charge in [-0.3, -0.25) is 5.43 Å². The average molecular weight is 281 g/mol. The quantitative estimate of drug-likeness (QED) is 0.492. The zero-order valence-corrected chi connectivity index (χ0v) is 12.1. The van der Waals surface area contributed by atoms with E-state index in [1.807, 2.05) is 13.8 Å². The normalized spacial score (nSPS) is 11.8. The molecule has 0 fully saturated rings. The van der Waals surface area contributed by atoms with Crippen LogP contribution in [0.1, 0.15) is 25.6 Å². The number of anilines is 2. The number of nitrogens with zero attached hydrogens (tertiary/aromatic N) is 2. The molecular weight excluding hydrogens is 262 g/mol. The van der Waals surface area contributed by atoms with Gasteiger partial charge in [0, 0.05) is 4.88 Å². The van der Waals surface area contributed by atoms with Gasteiger partial charge in [-0.1, -0.05) is 6.92 Å². The largest absolute Gasteiger partial charge is 0.394 e. The fraction of sp³-hybridized carbons (Fsp3) is 0.500. The van der Waals surface area contributed by atoms with E-state index in [4.69, 9.17) is 5.84 Å². The van der Waals surface area contributed by atoms with Crippen molar-refractivity contribution in [1.29, 1.82) is 0 Å². The van der Waals surface area contributed by atoms with E-state index in [0.717, 1.165) is 16.6 Å². The van der Waals surface area contributed by atoms with Gasteiger partial charge in [0.2, 0.25) is 5.95 Å². The van der Waals surface area contributed by atoms with E-state index in [1.54, 1.807) is 11.3 Å². The fourth-order valence-corrected chi connectivity index (χ4v) is 2.63. The lowest BCUT2D eigenvalue weighted by atomic mass is 10.1. The average Bonchev–Trinajstić information content (AvgIpc) is 2.81. The molecule has 19 heavy (non-hydrogen) atoms. The van der Waals surface area contributed by atoms with E-state index in [-0.39, 0.29) is 6.61 Å². The van der Waals surface area contributed by atoms with Crippen LogP contribution in [0.4, 0.5) is 11.8 Å². The molecule has 6 nitrogen and oxygen atoms in total. The van der Waals surface area contributed by atoms with Gasteiger partial charge >= 0.3 is 0 Å². The molecule has 0 aliphatic heterocycles. The molecule has 0 unspecified atom stereocenters. The number of fused-ring (bicyclic) bond motifs is 1. The van der Waals surface area contributed by atoms with Crippen LogP contribution >= 0.6 is 11.3 Å². The van der Waals surface area contributed by atoms with Crippen molar-refractivity contribution in [2.24, 2.45) is 5.84 Å². The molecule has 7 heteroatoms. The molecule has 2 aromatic heterocycles. The van der Waals surface area contributed by atoms with Crippen LogP contribution in [0.3, 0.4) is 0 Å². The molecular formula is C12H19N5OS. The zero-order chi connectivity index (χ0) is 14.0. The van der Waals surface area contributed by atoms with Gasteiger partial charge in [0.05, 0.1) is 17.5 Å². The second-order valence-electron chi connectivity index (χ2n) is 4.99. The summed E-state index contributed by atoms with van der Waals surface area (Å²) < 4.78 is 0. The van der Waals surface area contributed by atoms with Crippen molar-refractivity contribution in [3.8, 4) is 0 Å². The molecule has 0 spiro atoms. The molecule has 0 atom stereocenters. The fourth-order valence-electron chi connectivity index (χ4n) is 1.67. The van der Waals surface area contributed by atoms with Gasteiger partial charge < -0.3 is 10.4 Å². The lowest BCUT2D eigenvalue weighted by Gasteiger charge is -2.24. The molecule has 0 radical (unpaired) electrons. The van der Waals surface area contributed by atoms with Crippen LogP contribution in [0.2, 0.25) is 0 Å². The van der Waals surface area contributed by atoms with Gasteiger partial charge in [0.1, 0.15) is 10.6 Å². The summed E-state index contributed by atoms with van der Waals surface area (Å²) in [7, 11) is 0. The summed E-state index contributed by atoms with van der Waals surface area (Å²) in [6, 6.07) is 2.08. The molecule has 0 amide bonds. The SMILES string of the molecule is CCc1cc2c(NC(C)(C)CO)nc(NN)nc2s1. The van der Waals surface area contributed by atoms with Crippen molar-refractivity contribution >= 4 is 33.3 Å². The summed E-state index contributed by atoms with van der Waals surface area (Å²) in [5.74, 6) is 6.45. The smallest absolute Gasteiger partial charge is 0.240 e. The predicted molar refractivity (Wildman–Crippen MR) is 79.4 cm³/mol. The molecule has 5 N–H and O–H groups in total. The van der Waals surface area contributed by atoms with Crippen molar-refractivity contribution in [1.82, 2.24) is 9.97 Å². The minimum absolute atomic E-state index is 0.00859. The first kappa shape index (κ1) is 14.0. The number of thiophene rings is 1. The van der Waals surface area contributed by atoms with Crippen molar-refractivity contribution in [2.45, 2.75) is 32.7 Å². The number of aliphatic hydroxyl groups is 1. The van der Waals surface area contributed by atoms with Crippen LogP contribution in [-0.4, -0.2) is 27.2 Å². The number of hydrazine groups is 1. The van der Waals surface area contributed by atoms with Crippen LogP contribution in [0.5, 0.6) is 0 Å². The van der Waals surface area contributed by atoms with Crippen LogP contribution in [0, 0.1) is 0 Å². The van der Waals surface area contributed by atoms with Crippen LogP contribution in [0.15, 0.2) is 6.07 Å². The monoisotopic (exact) mass is 281 g/mol. The Hall–Kier alpha value is -1.44. The van der Waals surface area contributed by atoms with Gasteiger partial charge in [-0.25, -0.2) is 10.8 Å². The van der Waals surface area contributed by atoms with Crippen LogP contribution < -0.4 is 16.6 Å². The molecule has 0 bridgehead atoms. The summed E-state index contributed by atoms with van der Waals surface area (Å²) in [6.07, 6.45) is 0.954. The van der Waals surface area contributed by atoms with Crippen LogP contribution in [-0.2, 0) is 6.42 Å². The number of nitrogens with one attached hydrogen (secondary N) is 2. The Bertz CT molecular complexity index is 581. The Morgan fingerprint density at radius 2 is 2.16 bits per heavy atom. The molecule has 0 saturated heterocycles. The van der Waals surface area contributed by atoms with Crippen molar-refractivity contribution in [3.63, 3.8) is 0 Å². The molecule has 2 aromatic rings. The highest BCUT2D eigenvalue weighted by molar-refractivity contribution is 7.18.